The molecule has 0 bridgehead atoms. The molecule has 0 aliphatic rings. The van der Waals surface area contributed by atoms with Crippen LogP contribution in [0.5, 0.6) is 0 Å². The summed E-state index contributed by atoms with van der Waals surface area (Å²) in [5, 5.41) is 9.41. The van der Waals surface area contributed by atoms with Crippen LogP contribution >= 0.6 is 15.9 Å². The Morgan fingerprint density at radius 1 is 1.18 bits per heavy atom. The lowest BCUT2D eigenvalue weighted by atomic mass is 10.1. The minimum absolute atomic E-state index is 0.111. The summed E-state index contributed by atoms with van der Waals surface area (Å²) in [6.45, 7) is 0. The van der Waals surface area contributed by atoms with Crippen LogP contribution < -0.4 is 5.56 Å². The molecule has 6 heteroatoms. The molecule has 0 aliphatic heterocycles. The van der Waals surface area contributed by atoms with Gasteiger partial charge in [0.1, 0.15) is 5.82 Å². The second-order valence-electron chi connectivity index (χ2n) is 4.85. The Morgan fingerprint density at radius 2 is 1.91 bits per heavy atom. The molecule has 5 nitrogen and oxygen atoms in total. The summed E-state index contributed by atoms with van der Waals surface area (Å²) in [5.41, 5.74) is 1.23. The fourth-order valence-corrected chi connectivity index (χ4v) is 2.46. The first-order valence-electron chi connectivity index (χ1n) is 6.53. The second kappa shape index (κ2) is 5.73. The molecule has 0 fully saturated rings. The van der Waals surface area contributed by atoms with Gasteiger partial charge < -0.3 is 10.1 Å². The number of carboxylic acids is 1. The fraction of sp³-hybridized carbons (Fsp3) is 0.0625. The number of nitrogens with zero attached hydrogens (tertiary/aromatic N) is 1. The zero-order valence-corrected chi connectivity index (χ0v) is 12.9. The van der Waals surface area contributed by atoms with Crippen molar-refractivity contribution in [3.05, 3.63) is 74.2 Å². The Bertz CT molecular complexity index is 917. The van der Waals surface area contributed by atoms with Crippen molar-refractivity contribution in [2.45, 2.75) is 6.42 Å². The molecular weight excluding hydrogens is 348 g/mol. The number of H-pyrrole nitrogens is 1. The summed E-state index contributed by atoms with van der Waals surface area (Å²) in [6, 6.07) is 12.0. The largest absolute Gasteiger partial charge is 0.478 e. The highest BCUT2D eigenvalue weighted by molar-refractivity contribution is 9.10. The first kappa shape index (κ1) is 14.5. The van der Waals surface area contributed by atoms with Crippen molar-refractivity contribution in [3.8, 4) is 0 Å². The van der Waals surface area contributed by atoms with Crippen molar-refractivity contribution in [3.63, 3.8) is 0 Å². The molecular formula is C16H11BrN2O3. The van der Waals surface area contributed by atoms with E-state index in [0.29, 0.717) is 23.1 Å². The molecule has 0 saturated carbocycles. The molecule has 110 valence electrons. The van der Waals surface area contributed by atoms with Crippen molar-refractivity contribution in [1.29, 1.82) is 0 Å². The third-order valence-electron chi connectivity index (χ3n) is 3.29. The zero-order valence-electron chi connectivity index (χ0n) is 11.3. The lowest BCUT2D eigenvalue weighted by Gasteiger charge is -2.04. The number of aromatic carboxylic acids is 1. The third-order valence-corrected chi connectivity index (χ3v) is 3.82. The van der Waals surface area contributed by atoms with Crippen molar-refractivity contribution in [2.75, 3.05) is 0 Å². The molecule has 1 heterocycles. The fourth-order valence-electron chi connectivity index (χ4n) is 2.20. The van der Waals surface area contributed by atoms with E-state index in [1.807, 2.05) is 24.3 Å². The normalized spacial score (nSPS) is 10.8. The summed E-state index contributed by atoms with van der Waals surface area (Å²) in [7, 11) is 0. The maximum Gasteiger partial charge on any atom is 0.335 e. The molecule has 3 rings (SSSR count). The standard InChI is InChI=1S/C16H11BrN2O3/c17-11-4-1-9(2-5-11)7-14-18-13-8-10(16(21)22)3-6-12(13)15(20)19-14/h1-6,8H,7H2,(H,21,22)(H,18,19,20). The van der Waals surface area contributed by atoms with Crippen molar-refractivity contribution in [2.24, 2.45) is 0 Å². The summed E-state index contributed by atoms with van der Waals surface area (Å²) >= 11 is 3.37. The summed E-state index contributed by atoms with van der Waals surface area (Å²) in [4.78, 5) is 30.2. The van der Waals surface area contributed by atoms with E-state index in [4.69, 9.17) is 5.11 Å². The van der Waals surface area contributed by atoms with Gasteiger partial charge in [-0.1, -0.05) is 28.1 Å². The minimum atomic E-state index is -1.04. The average Bonchev–Trinajstić information content (AvgIpc) is 2.49. The Kier molecular flexibility index (Phi) is 3.77. The Hall–Kier alpha value is -2.47. The van der Waals surface area contributed by atoms with E-state index in [-0.39, 0.29) is 11.1 Å². The van der Waals surface area contributed by atoms with E-state index in [0.717, 1.165) is 10.0 Å². The van der Waals surface area contributed by atoms with Gasteiger partial charge in [-0.15, -0.1) is 0 Å². The van der Waals surface area contributed by atoms with E-state index >= 15 is 0 Å². The molecule has 0 saturated heterocycles. The van der Waals surface area contributed by atoms with Crippen molar-refractivity contribution in [1.82, 2.24) is 9.97 Å². The first-order chi connectivity index (χ1) is 10.5. The van der Waals surface area contributed by atoms with E-state index in [2.05, 4.69) is 25.9 Å². The van der Waals surface area contributed by atoms with Crippen LogP contribution in [0.2, 0.25) is 0 Å². The molecule has 0 spiro atoms. The highest BCUT2D eigenvalue weighted by Crippen LogP contribution is 2.14. The quantitative estimate of drug-likeness (QED) is 0.753. The average molecular weight is 359 g/mol. The van der Waals surface area contributed by atoms with E-state index in [1.165, 1.54) is 18.2 Å². The first-order valence-corrected chi connectivity index (χ1v) is 7.33. The predicted octanol–water partition coefficient (Wildman–Crippen LogP) is 2.97. The van der Waals surface area contributed by atoms with Gasteiger partial charge >= 0.3 is 5.97 Å². The number of hydrogen-bond donors (Lipinski definition) is 2. The summed E-state index contributed by atoms with van der Waals surface area (Å²) in [5.74, 6) is -0.541. The lowest BCUT2D eigenvalue weighted by molar-refractivity contribution is 0.0697. The van der Waals surface area contributed by atoms with Crippen LogP contribution in [-0.2, 0) is 6.42 Å². The van der Waals surface area contributed by atoms with Crippen LogP contribution in [0.25, 0.3) is 10.9 Å². The van der Waals surface area contributed by atoms with Crippen molar-refractivity contribution < 1.29 is 9.90 Å². The molecule has 0 atom stereocenters. The molecule has 0 radical (unpaired) electrons. The molecule has 2 aromatic carbocycles. The monoisotopic (exact) mass is 358 g/mol. The number of halogens is 1. The van der Waals surface area contributed by atoms with Gasteiger partial charge in [-0.2, -0.15) is 0 Å². The molecule has 1 aromatic heterocycles. The maximum atomic E-state index is 12.1. The topological polar surface area (TPSA) is 83.0 Å². The highest BCUT2D eigenvalue weighted by atomic mass is 79.9. The van der Waals surface area contributed by atoms with Gasteiger partial charge in [-0.05, 0) is 35.9 Å². The van der Waals surface area contributed by atoms with Crippen LogP contribution in [0.1, 0.15) is 21.7 Å². The summed E-state index contributed by atoms with van der Waals surface area (Å²) in [6.07, 6.45) is 0.468. The molecule has 3 aromatic rings. The number of hydrogen-bond acceptors (Lipinski definition) is 3. The Morgan fingerprint density at radius 3 is 2.59 bits per heavy atom. The number of carboxylic acid groups (broad SMARTS) is 1. The Labute approximate surface area is 133 Å². The summed E-state index contributed by atoms with van der Waals surface area (Å²) < 4.78 is 0.974. The third kappa shape index (κ3) is 2.92. The zero-order chi connectivity index (χ0) is 15.7. The smallest absolute Gasteiger partial charge is 0.335 e. The van der Waals surface area contributed by atoms with Gasteiger partial charge in [0.2, 0.25) is 0 Å². The number of aromatic nitrogens is 2. The van der Waals surface area contributed by atoms with E-state index in [9.17, 15) is 9.59 Å². The number of benzene rings is 2. The number of aromatic amines is 1. The van der Waals surface area contributed by atoms with Crippen LogP contribution in [-0.4, -0.2) is 21.0 Å². The maximum absolute atomic E-state index is 12.1. The van der Waals surface area contributed by atoms with Gasteiger partial charge in [0, 0.05) is 10.9 Å². The Balaban J connectivity index is 2.05. The molecule has 0 amide bonds. The number of nitrogens with one attached hydrogen (secondary N) is 1. The van der Waals surface area contributed by atoms with Gasteiger partial charge in [0.05, 0.1) is 16.5 Å². The SMILES string of the molecule is O=C(O)c1ccc2c(=O)[nH]c(Cc3ccc(Br)cc3)nc2c1. The van der Waals surface area contributed by atoms with Crippen LogP contribution in [0, 0.1) is 0 Å². The van der Waals surface area contributed by atoms with Crippen LogP contribution in [0.4, 0.5) is 0 Å². The molecule has 0 aliphatic carbocycles. The van der Waals surface area contributed by atoms with Gasteiger partial charge in [-0.25, -0.2) is 9.78 Å². The predicted molar refractivity (Wildman–Crippen MR) is 86.3 cm³/mol. The van der Waals surface area contributed by atoms with Gasteiger partial charge in [-0.3, -0.25) is 4.79 Å². The molecule has 22 heavy (non-hydrogen) atoms. The molecule has 2 N–H and O–H groups in total. The van der Waals surface area contributed by atoms with Gasteiger partial charge in [0.15, 0.2) is 0 Å². The minimum Gasteiger partial charge on any atom is -0.478 e. The number of rotatable bonds is 3. The van der Waals surface area contributed by atoms with E-state index in [1.54, 1.807) is 0 Å². The van der Waals surface area contributed by atoms with Crippen LogP contribution in [0.15, 0.2) is 51.7 Å². The highest BCUT2D eigenvalue weighted by Gasteiger charge is 2.09. The molecule has 0 unspecified atom stereocenters. The lowest BCUT2D eigenvalue weighted by Crippen LogP contribution is -2.13. The number of fused-ring (bicyclic) bond motifs is 1. The van der Waals surface area contributed by atoms with Gasteiger partial charge in [0.25, 0.3) is 5.56 Å². The number of carbonyl (C=O) groups is 1. The van der Waals surface area contributed by atoms with Crippen molar-refractivity contribution >= 4 is 32.8 Å². The second-order valence-corrected chi connectivity index (χ2v) is 5.77. The van der Waals surface area contributed by atoms with Crippen LogP contribution in [0.3, 0.4) is 0 Å². The van der Waals surface area contributed by atoms with E-state index < -0.39 is 5.97 Å².